The van der Waals surface area contributed by atoms with Gasteiger partial charge in [-0.05, 0) is 38.3 Å². The summed E-state index contributed by atoms with van der Waals surface area (Å²) in [5.41, 5.74) is 4.55. The van der Waals surface area contributed by atoms with Crippen LogP contribution in [-0.2, 0) is 0 Å². The standard InChI is InChI=1S/C22H22N4O/c1-14-8-11-18(15(2)12-14)24-20-13-19(22(27)23-17-9-10-17)25-21(26-20)16-6-4-3-5-7-16/h3-8,11-13,17H,9-10H2,1-2H3,(H,23,27)(H,24,25,26). The fourth-order valence-corrected chi connectivity index (χ4v) is 2.92. The second kappa shape index (κ2) is 7.19. The Labute approximate surface area is 158 Å². The minimum atomic E-state index is -0.152. The molecule has 1 aromatic heterocycles. The van der Waals surface area contributed by atoms with Crippen molar-refractivity contribution in [3.05, 3.63) is 71.4 Å². The summed E-state index contributed by atoms with van der Waals surface area (Å²) in [5.74, 6) is 0.990. The van der Waals surface area contributed by atoms with Gasteiger partial charge in [0.15, 0.2) is 5.82 Å². The summed E-state index contributed by atoms with van der Waals surface area (Å²) in [7, 11) is 0. The molecule has 0 aliphatic heterocycles. The Balaban J connectivity index is 1.71. The molecule has 1 amide bonds. The highest BCUT2D eigenvalue weighted by atomic mass is 16.2. The van der Waals surface area contributed by atoms with Gasteiger partial charge in [0, 0.05) is 23.4 Å². The normalized spacial score (nSPS) is 13.3. The van der Waals surface area contributed by atoms with Gasteiger partial charge in [-0.25, -0.2) is 9.97 Å². The molecule has 1 aliphatic rings. The number of carbonyl (C=O) groups is 1. The summed E-state index contributed by atoms with van der Waals surface area (Å²) in [5, 5.41) is 6.34. The lowest BCUT2D eigenvalue weighted by molar-refractivity contribution is 0.0946. The zero-order chi connectivity index (χ0) is 18.8. The number of rotatable bonds is 5. The summed E-state index contributed by atoms with van der Waals surface area (Å²) in [6, 6.07) is 17.9. The van der Waals surface area contributed by atoms with Crippen molar-refractivity contribution in [2.24, 2.45) is 0 Å². The molecule has 0 radical (unpaired) electrons. The van der Waals surface area contributed by atoms with Crippen LogP contribution >= 0.6 is 0 Å². The molecule has 3 aromatic rings. The average Bonchev–Trinajstić information content (AvgIpc) is 3.48. The molecule has 136 valence electrons. The van der Waals surface area contributed by atoms with Crippen molar-refractivity contribution < 1.29 is 4.79 Å². The predicted octanol–water partition coefficient (Wildman–Crippen LogP) is 4.40. The van der Waals surface area contributed by atoms with Gasteiger partial charge in [-0.15, -0.1) is 0 Å². The zero-order valence-corrected chi connectivity index (χ0v) is 15.5. The lowest BCUT2D eigenvalue weighted by atomic mass is 10.1. The Morgan fingerprint density at radius 2 is 1.78 bits per heavy atom. The Bertz CT molecular complexity index is 981. The van der Waals surface area contributed by atoms with E-state index in [2.05, 4.69) is 46.6 Å². The van der Waals surface area contributed by atoms with Crippen molar-refractivity contribution >= 4 is 17.4 Å². The van der Waals surface area contributed by atoms with Crippen LogP contribution in [0.15, 0.2) is 54.6 Å². The van der Waals surface area contributed by atoms with Crippen LogP contribution < -0.4 is 10.6 Å². The molecule has 27 heavy (non-hydrogen) atoms. The molecule has 1 heterocycles. The number of aryl methyl sites for hydroxylation is 2. The third-order valence-corrected chi connectivity index (χ3v) is 4.55. The topological polar surface area (TPSA) is 66.9 Å². The lowest BCUT2D eigenvalue weighted by Gasteiger charge is -2.12. The number of anilines is 2. The van der Waals surface area contributed by atoms with Crippen LogP contribution in [0.1, 0.15) is 34.5 Å². The van der Waals surface area contributed by atoms with Gasteiger partial charge in [-0.3, -0.25) is 4.79 Å². The Morgan fingerprint density at radius 1 is 1.00 bits per heavy atom. The number of aromatic nitrogens is 2. The molecule has 0 saturated heterocycles. The summed E-state index contributed by atoms with van der Waals surface area (Å²) in [6.07, 6.45) is 2.08. The van der Waals surface area contributed by atoms with Gasteiger partial charge in [-0.2, -0.15) is 0 Å². The maximum atomic E-state index is 12.6. The van der Waals surface area contributed by atoms with Crippen LogP contribution in [0, 0.1) is 13.8 Å². The maximum Gasteiger partial charge on any atom is 0.270 e. The number of nitrogens with zero attached hydrogens (tertiary/aromatic N) is 2. The zero-order valence-electron chi connectivity index (χ0n) is 15.5. The monoisotopic (exact) mass is 358 g/mol. The maximum absolute atomic E-state index is 12.6. The quantitative estimate of drug-likeness (QED) is 0.709. The average molecular weight is 358 g/mol. The number of carbonyl (C=O) groups excluding carboxylic acids is 1. The van der Waals surface area contributed by atoms with E-state index in [9.17, 15) is 4.79 Å². The van der Waals surface area contributed by atoms with Crippen LogP contribution in [0.3, 0.4) is 0 Å². The number of amides is 1. The third kappa shape index (κ3) is 4.14. The molecule has 4 rings (SSSR count). The van der Waals surface area contributed by atoms with Gasteiger partial charge >= 0.3 is 0 Å². The van der Waals surface area contributed by atoms with Crippen LogP contribution in [0.5, 0.6) is 0 Å². The second-order valence-corrected chi connectivity index (χ2v) is 7.02. The van der Waals surface area contributed by atoms with Crippen molar-refractivity contribution in [3.8, 4) is 11.4 Å². The fourth-order valence-electron chi connectivity index (χ4n) is 2.92. The van der Waals surface area contributed by atoms with Crippen LogP contribution in [0.2, 0.25) is 0 Å². The highest BCUT2D eigenvalue weighted by Crippen LogP contribution is 2.24. The van der Waals surface area contributed by atoms with E-state index in [1.165, 1.54) is 5.56 Å². The predicted molar refractivity (Wildman–Crippen MR) is 107 cm³/mol. The van der Waals surface area contributed by atoms with E-state index in [-0.39, 0.29) is 11.9 Å². The first-order chi connectivity index (χ1) is 13.1. The molecule has 1 saturated carbocycles. The Morgan fingerprint density at radius 3 is 2.48 bits per heavy atom. The van der Waals surface area contributed by atoms with Crippen molar-refractivity contribution in [2.75, 3.05) is 5.32 Å². The summed E-state index contributed by atoms with van der Waals surface area (Å²) >= 11 is 0. The highest BCUT2D eigenvalue weighted by molar-refractivity contribution is 5.94. The Hall–Kier alpha value is -3.21. The molecule has 0 unspecified atom stereocenters. The van der Waals surface area contributed by atoms with Crippen molar-refractivity contribution in [2.45, 2.75) is 32.7 Å². The molecule has 5 heteroatoms. The van der Waals surface area contributed by atoms with Crippen molar-refractivity contribution in [1.82, 2.24) is 15.3 Å². The van der Waals surface area contributed by atoms with Gasteiger partial charge in [0.25, 0.3) is 5.91 Å². The van der Waals surface area contributed by atoms with Gasteiger partial charge in [0.1, 0.15) is 11.5 Å². The smallest absolute Gasteiger partial charge is 0.270 e. The molecular formula is C22H22N4O. The van der Waals surface area contributed by atoms with E-state index in [0.717, 1.165) is 29.7 Å². The Kier molecular flexibility index (Phi) is 4.59. The summed E-state index contributed by atoms with van der Waals surface area (Å²) in [4.78, 5) is 21.7. The van der Waals surface area contributed by atoms with Crippen molar-refractivity contribution in [1.29, 1.82) is 0 Å². The van der Waals surface area contributed by atoms with E-state index >= 15 is 0 Å². The summed E-state index contributed by atoms with van der Waals surface area (Å²) < 4.78 is 0. The SMILES string of the molecule is Cc1ccc(Nc2cc(C(=O)NC3CC3)nc(-c3ccccc3)n2)c(C)c1. The third-order valence-electron chi connectivity index (χ3n) is 4.55. The molecule has 0 bridgehead atoms. The largest absolute Gasteiger partial charge is 0.348 e. The van der Waals surface area contributed by atoms with Crippen LogP contribution in [0.25, 0.3) is 11.4 Å². The molecular weight excluding hydrogens is 336 g/mol. The van der Waals surface area contributed by atoms with E-state index in [1.54, 1.807) is 6.07 Å². The van der Waals surface area contributed by atoms with E-state index in [1.807, 2.05) is 36.4 Å². The molecule has 0 spiro atoms. The molecule has 2 N–H and O–H groups in total. The number of hydrogen-bond acceptors (Lipinski definition) is 4. The van der Waals surface area contributed by atoms with Crippen molar-refractivity contribution in [3.63, 3.8) is 0 Å². The minimum absolute atomic E-state index is 0.152. The van der Waals surface area contributed by atoms with Gasteiger partial charge in [0.2, 0.25) is 0 Å². The van der Waals surface area contributed by atoms with E-state index < -0.39 is 0 Å². The highest BCUT2D eigenvalue weighted by Gasteiger charge is 2.25. The van der Waals surface area contributed by atoms with Crippen LogP contribution in [-0.4, -0.2) is 21.9 Å². The fraction of sp³-hybridized carbons (Fsp3) is 0.227. The number of hydrogen-bond donors (Lipinski definition) is 2. The molecule has 1 aliphatic carbocycles. The number of benzene rings is 2. The first-order valence-electron chi connectivity index (χ1n) is 9.18. The van der Waals surface area contributed by atoms with Gasteiger partial charge in [-0.1, -0.05) is 48.0 Å². The van der Waals surface area contributed by atoms with E-state index in [4.69, 9.17) is 0 Å². The molecule has 1 fully saturated rings. The first kappa shape index (κ1) is 17.2. The molecule has 5 nitrogen and oxygen atoms in total. The summed E-state index contributed by atoms with van der Waals surface area (Å²) in [6.45, 7) is 4.12. The van der Waals surface area contributed by atoms with Crippen LogP contribution in [0.4, 0.5) is 11.5 Å². The minimum Gasteiger partial charge on any atom is -0.348 e. The molecule has 2 aromatic carbocycles. The molecule has 0 atom stereocenters. The van der Waals surface area contributed by atoms with Gasteiger partial charge < -0.3 is 10.6 Å². The van der Waals surface area contributed by atoms with E-state index in [0.29, 0.717) is 17.3 Å². The van der Waals surface area contributed by atoms with Gasteiger partial charge in [0.05, 0.1) is 0 Å². The lowest BCUT2D eigenvalue weighted by Crippen LogP contribution is -2.26. The second-order valence-electron chi connectivity index (χ2n) is 7.02. The number of nitrogens with one attached hydrogen (secondary N) is 2. The first-order valence-corrected chi connectivity index (χ1v) is 9.18.